The first-order valence-corrected chi connectivity index (χ1v) is 7.77. The van der Waals surface area contributed by atoms with Crippen LogP contribution in [0.5, 0.6) is 0 Å². The Kier molecular flexibility index (Phi) is 11.5. The molecule has 1 saturated heterocycles. The number of rotatable bonds is 6. The first kappa shape index (κ1) is 19.2. The standard InChI is InChI=1S/C15H29NO.C2H5N/c1-13(2)12-14(3)17-11-5-6-15-7-9-16(4)10-8-15;1-2-3/h12,14-15H,5-11H2,1-4H3;2H,1,3H2. The van der Waals surface area contributed by atoms with Crippen LogP contribution in [0.25, 0.3) is 0 Å². The molecule has 0 spiro atoms. The maximum atomic E-state index is 5.78. The quantitative estimate of drug-likeness (QED) is 0.598. The van der Waals surface area contributed by atoms with Gasteiger partial charge in [-0.15, -0.1) is 0 Å². The minimum absolute atomic E-state index is 0.275. The van der Waals surface area contributed by atoms with Crippen LogP contribution in [-0.4, -0.2) is 37.7 Å². The van der Waals surface area contributed by atoms with Crippen molar-refractivity contribution in [3.63, 3.8) is 0 Å². The van der Waals surface area contributed by atoms with Gasteiger partial charge in [-0.05, 0) is 78.7 Å². The highest BCUT2D eigenvalue weighted by atomic mass is 16.5. The number of hydrogen-bond acceptors (Lipinski definition) is 3. The van der Waals surface area contributed by atoms with E-state index in [0.717, 1.165) is 12.5 Å². The summed E-state index contributed by atoms with van der Waals surface area (Å²) in [5, 5.41) is 0. The lowest BCUT2D eigenvalue weighted by atomic mass is 9.93. The molecule has 1 atom stereocenters. The van der Waals surface area contributed by atoms with E-state index in [0.29, 0.717) is 0 Å². The molecule has 20 heavy (non-hydrogen) atoms. The second-order valence-electron chi connectivity index (χ2n) is 5.94. The number of nitrogens with zero attached hydrogens (tertiary/aromatic N) is 1. The first-order valence-electron chi connectivity index (χ1n) is 7.77. The van der Waals surface area contributed by atoms with E-state index in [-0.39, 0.29) is 6.10 Å². The van der Waals surface area contributed by atoms with E-state index in [1.165, 1.54) is 50.5 Å². The topological polar surface area (TPSA) is 38.5 Å². The zero-order valence-electron chi connectivity index (χ0n) is 13.9. The second kappa shape index (κ2) is 12.0. The summed E-state index contributed by atoms with van der Waals surface area (Å²) in [6.07, 6.45) is 9.03. The monoisotopic (exact) mass is 282 g/mol. The molecule has 3 heteroatoms. The molecule has 1 fully saturated rings. The molecule has 118 valence electrons. The molecule has 1 rings (SSSR count). The second-order valence-corrected chi connectivity index (χ2v) is 5.94. The molecule has 0 aromatic heterocycles. The Morgan fingerprint density at radius 1 is 1.40 bits per heavy atom. The van der Waals surface area contributed by atoms with Crippen LogP contribution in [0.2, 0.25) is 0 Å². The van der Waals surface area contributed by atoms with Gasteiger partial charge >= 0.3 is 0 Å². The molecule has 0 aliphatic carbocycles. The highest BCUT2D eigenvalue weighted by molar-refractivity contribution is 4.96. The Morgan fingerprint density at radius 3 is 2.45 bits per heavy atom. The van der Waals surface area contributed by atoms with E-state index in [2.05, 4.69) is 51.1 Å². The smallest absolute Gasteiger partial charge is 0.0730 e. The van der Waals surface area contributed by atoms with Gasteiger partial charge in [0, 0.05) is 6.61 Å². The summed E-state index contributed by atoms with van der Waals surface area (Å²) < 4.78 is 5.78. The number of nitrogens with two attached hydrogens (primary N) is 1. The van der Waals surface area contributed by atoms with Gasteiger partial charge in [-0.25, -0.2) is 0 Å². The van der Waals surface area contributed by atoms with E-state index < -0.39 is 0 Å². The zero-order chi connectivity index (χ0) is 15.4. The van der Waals surface area contributed by atoms with Crippen LogP contribution in [0, 0.1) is 5.92 Å². The minimum atomic E-state index is 0.275. The minimum Gasteiger partial charge on any atom is -0.405 e. The molecule has 0 radical (unpaired) electrons. The molecule has 0 bridgehead atoms. The van der Waals surface area contributed by atoms with Gasteiger partial charge in [0.2, 0.25) is 0 Å². The average molecular weight is 282 g/mol. The van der Waals surface area contributed by atoms with Crippen molar-refractivity contribution < 1.29 is 4.74 Å². The lowest BCUT2D eigenvalue weighted by Crippen LogP contribution is -2.30. The van der Waals surface area contributed by atoms with Gasteiger partial charge in [0.1, 0.15) is 0 Å². The predicted molar refractivity (Wildman–Crippen MR) is 88.7 cm³/mol. The molecule has 0 saturated carbocycles. The third-order valence-electron chi connectivity index (χ3n) is 3.54. The summed E-state index contributed by atoms with van der Waals surface area (Å²) >= 11 is 0. The average Bonchev–Trinajstić information content (AvgIpc) is 2.37. The van der Waals surface area contributed by atoms with Crippen molar-refractivity contribution in [2.24, 2.45) is 11.7 Å². The third kappa shape index (κ3) is 11.1. The van der Waals surface area contributed by atoms with Crippen LogP contribution in [0.15, 0.2) is 24.4 Å². The number of likely N-dealkylation sites (tertiary alicyclic amines) is 1. The van der Waals surface area contributed by atoms with Gasteiger partial charge in [-0.3, -0.25) is 0 Å². The van der Waals surface area contributed by atoms with Gasteiger partial charge in [-0.1, -0.05) is 18.2 Å². The summed E-state index contributed by atoms with van der Waals surface area (Å²) in [6.45, 7) is 13.0. The van der Waals surface area contributed by atoms with E-state index in [9.17, 15) is 0 Å². The molecule has 1 heterocycles. The van der Waals surface area contributed by atoms with Crippen molar-refractivity contribution >= 4 is 0 Å². The van der Waals surface area contributed by atoms with Crippen LogP contribution in [0.4, 0.5) is 0 Å². The molecule has 2 N–H and O–H groups in total. The fraction of sp³-hybridized carbons (Fsp3) is 0.765. The Bertz CT molecular complexity index is 264. The molecule has 0 aromatic carbocycles. The lowest BCUT2D eigenvalue weighted by molar-refractivity contribution is 0.0878. The van der Waals surface area contributed by atoms with Crippen molar-refractivity contribution in [2.75, 3.05) is 26.7 Å². The van der Waals surface area contributed by atoms with Gasteiger partial charge < -0.3 is 15.4 Å². The Labute approximate surface area is 125 Å². The van der Waals surface area contributed by atoms with Gasteiger partial charge in [0.15, 0.2) is 0 Å². The van der Waals surface area contributed by atoms with E-state index in [1.54, 1.807) is 0 Å². The number of ether oxygens (including phenoxy) is 1. The van der Waals surface area contributed by atoms with Crippen LogP contribution in [0.3, 0.4) is 0 Å². The summed E-state index contributed by atoms with van der Waals surface area (Å²) in [4.78, 5) is 2.43. The summed E-state index contributed by atoms with van der Waals surface area (Å²) in [5.74, 6) is 0.938. The van der Waals surface area contributed by atoms with Crippen LogP contribution in [-0.2, 0) is 4.74 Å². The van der Waals surface area contributed by atoms with E-state index in [1.807, 2.05) is 0 Å². The lowest BCUT2D eigenvalue weighted by Gasteiger charge is -2.28. The summed E-state index contributed by atoms with van der Waals surface area (Å²) in [6, 6.07) is 0. The predicted octanol–water partition coefficient (Wildman–Crippen LogP) is 3.57. The number of allylic oxidation sites excluding steroid dienone is 1. The van der Waals surface area contributed by atoms with Crippen molar-refractivity contribution in [3.8, 4) is 0 Å². The number of piperidine rings is 1. The fourth-order valence-electron chi connectivity index (χ4n) is 2.51. The summed E-state index contributed by atoms with van der Waals surface area (Å²) in [7, 11) is 2.22. The van der Waals surface area contributed by atoms with Gasteiger partial charge in [-0.2, -0.15) is 0 Å². The number of hydrogen-bond donors (Lipinski definition) is 1. The van der Waals surface area contributed by atoms with Crippen LogP contribution >= 0.6 is 0 Å². The van der Waals surface area contributed by atoms with Crippen molar-refractivity contribution in [2.45, 2.75) is 52.6 Å². The Balaban J connectivity index is 0.00000110. The molecular formula is C17H34N2O. The SMILES string of the molecule is C=CN.CC(C)=CC(C)OCCCC1CCN(C)CC1. The van der Waals surface area contributed by atoms with Gasteiger partial charge in [0.05, 0.1) is 6.10 Å². The van der Waals surface area contributed by atoms with Crippen molar-refractivity contribution in [1.82, 2.24) is 4.90 Å². The molecular weight excluding hydrogens is 248 g/mol. The zero-order valence-corrected chi connectivity index (χ0v) is 13.9. The molecule has 0 amide bonds. The highest BCUT2D eigenvalue weighted by Gasteiger charge is 2.15. The van der Waals surface area contributed by atoms with E-state index in [4.69, 9.17) is 4.74 Å². The third-order valence-corrected chi connectivity index (χ3v) is 3.54. The fourth-order valence-corrected chi connectivity index (χ4v) is 2.51. The molecule has 0 aromatic rings. The highest BCUT2D eigenvalue weighted by Crippen LogP contribution is 2.20. The van der Waals surface area contributed by atoms with Crippen molar-refractivity contribution in [3.05, 3.63) is 24.4 Å². The maximum Gasteiger partial charge on any atom is 0.0730 e. The maximum absolute atomic E-state index is 5.78. The van der Waals surface area contributed by atoms with Crippen LogP contribution in [0.1, 0.15) is 46.5 Å². The largest absolute Gasteiger partial charge is 0.405 e. The molecule has 3 nitrogen and oxygen atoms in total. The first-order chi connectivity index (χ1) is 9.49. The molecule has 1 unspecified atom stereocenters. The normalized spacial score (nSPS) is 17.8. The van der Waals surface area contributed by atoms with E-state index >= 15 is 0 Å². The van der Waals surface area contributed by atoms with Crippen molar-refractivity contribution in [1.29, 1.82) is 0 Å². The summed E-state index contributed by atoms with van der Waals surface area (Å²) in [5.41, 5.74) is 5.95. The molecule has 1 aliphatic rings. The van der Waals surface area contributed by atoms with Crippen LogP contribution < -0.4 is 5.73 Å². The Morgan fingerprint density at radius 2 is 1.95 bits per heavy atom. The van der Waals surface area contributed by atoms with Gasteiger partial charge in [0.25, 0.3) is 0 Å². The molecule has 1 aliphatic heterocycles. The Hall–Kier alpha value is -0.800.